The van der Waals surface area contributed by atoms with Gasteiger partial charge in [-0.3, -0.25) is 4.79 Å². The van der Waals surface area contributed by atoms with Crippen LogP contribution in [0.5, 0.6) is 0 Å². The molecule has 3 aromatic rings. The number of aromatic nitrogens is 3. The zero-order valence-electron chi connectivity index (χ0n) is 15.2. The van der Waals surface area contributed by atoms with E-state index < -0.39 is 5.91 Å². The fourth-order valence-corrected chi connectivity index (χ4v) is 4.44. The van der Waals surface area contributed by atoms with E-state index >= 15 is 0 Å². The molecule has 1 amide bonds. The van der Waals surface area contributed by atoms with Crippen molar-refractivity contribution in [3.05, 3.63) is 53.0 Å². The smallest absolute Gasteiger partial charge is 0.252 e. The normalized spacial score (nSPS) is 19.4. The lowest BCUT2D eigenvalue weighted by Gasteiger charge is -2.33. The first-order valence-electron chi connectivity index (χ1n) is 9.71. The second kappa shape index (κ2) is 6.37. The number of anilines is 1. The van der Waals surface area contributed by atoms with Gasteiger partial charge in [0.25, 0.3) is 5.91 Å². The molecule has 1 saturated heterocycles. The molecule has 0 radical (unpaired) electrons. The second-order valence-corrected chi connectivity index (χ2v) is 7.61. The summed E-state index contributed by atoms with van der Waals surface area (Å²) in [4.78, 5) is 27.4. The third kappa shape index (κ3) is 2.85. The second-order valence-electron chi connectivity index (χ2n) is 7.61. The van der Waals surface area contributed by atoms with Crippen LogP contribution in [0, 0.1) is 0 Å². The van der Waals surface area contributed by atoms with Gasteiger partial charge in [0.15, 0.2) is 0 Å². The molecule has 1 unspecified atom stereocenters. The topological polar surface area (TPSA) is 87.9 Å². The predicted molar refractivity (Wildman–Crippen MR) is 105 cm³/mol. The number of pyridine rings is 1. The van der Waals surface area contributed by atoms with Crippen LogP contribution in [-0.4, -0.2) is 33.9 Å². The van der Waals surface area contributed by atoms with Crippen molar-refractivity contribution in [2.24, 2.45) is 5.73 Å². The number of hydrogen-bond donors (Lipinski definition) is 2. The molecular formula is C21H23N5O. The number of amides is 1. The van der Waals surface area contributed by atoms with Gasteiger partial charge in [-0.25, -0.2) is 9.97 Å². The Labute approximate surface area is 157 Å². The van der Waals surface area contributed by atoms with Crippen molar-refractivity contribution in [1.29, 1.82) is 0 Å². The number of hydrogen-bond acceptors (Lipinski definition) is 4. The van der Waals surface area contributed by atoms with Gasteiger partial charge in [0.05, 0.1) is 16.6 Å². The highest BCUT2D eigenvalue weighted by molar-refractivity contribution is 5.98. The molecular weight excluding hydrogens is 338 g/mol. The van der Waals surface area contributed by atoms with Crippen molar-refractivity contribution < 1.29 is 4.79 Å². The Bertz CT molecular complexity index is 992. The number of para-hydroxylation sites is 2. The average molecular weight is 361 g/mol. The molecule has 1 fully saturated rings. The third-order valence-electron chi connectivity index (χ3n) is 5.81. The van der Waals surface area contributed by atoms with Crippen molar-refractivity contribution in [3.8, 4) is 0 Å². The van der Waals surface area contributed by atoms with Crippen molar-refractivity contribution >= 4 is 22.8 Å². The molecule has 6 heteroatoms. The minimum absolute atomic E-state index is 0.293. The number of aromatic amines is 1. The van der Waals surface area contributed by atoms with Gasteiger partial charge >= 0.3 is 0 Å². The van der Waals surface area contributed by atoms with Gasteiger partial charge in [-0.15, -0.1) is 0 Å². The Hall–Kier alpha value is -2.89. The van der Waals surface area contributed by atoms with Gasteiger partial charge in [-0.2, -0.15) is 0 Å². The lowest BCUT2D eigenvalue weighted by atomic mass is 9.96. The van der Waals surface area contributed by atoms with E-state index in [0.29, 0.717) is 11.5 Å². The highest BCUT2D eigenvalue weighted by Gasteiger charge is 2.28. The maximum atomic E-state index is 12.1. The number of rotatable bonds is 3. The maximum Gasteiger partial charge on any atom is 0.252 e. The minimum atomic E-state index is -0.391. The molecule has 1 aliphatic carbocycles. The quantitative estimate of drug-likeness (QED) is 0.751. The van der Waals surface area contributed by atoms with E-state index in [2.05, 4.69) is 16.0 Å². The molecule has 6 nitrogen and oxygen atoms in total. The number of H-pyrrole nitrogens is 1. The zero-order chi connectivity index (χ0) is 18.4. The largest absolute Gasteiger partial charge is 0.365 e. The van der Waals surface area contributed by atoms with Crippen LogP contribution in [0.25, 0.3) is 11.0 Å². The Kier molecular flexibility index (Phi) is 3.85. The first kappa shape index (κ1) is 16.3. The molecule has 3 N–H and O–H groups in total. The highest BCUT2D eigenvalue weighted by Crippen LogP contribution is 2.33. The van der Waals surface area contributed by atoms with Crippen molar-refractivity contribution in [2.45, 2.75) is 38.0 Å². The minimum Gasteiger partial charge on any atom is -0.365 e. The first-order chi connectivity index (χ1) is 13.2. The molecule has 5 rings (SSSR count). The fourth-order valence-electron chi connectivity index (χ4n) is 4.44. The van der Waals surface area contributed by atoms with Gasteiger partial charge in [0.2, 0.25) is 0 Å². The standard InChI is InChI=1S/C21H23N5O/c22-19(27)15-11-13-5-3-9-16(13)25-21(15)26-10-4-6-14(12-26)20-23-17-7-1-2-8-18(17)24-20/h1-2,7-8,11,14H,3-6,9-10,12H2,(H2,22,27)(H,23,24). The number of aryl methyl sites for hydroxylation is 2. The highest BCUT2D eigenvalue weighted by atomic mass is 16.1. The van der Waals surface area contributed by atoms with Gasteiger partial charge in [0, 0.05) is 24.7 Å². The van der Waals surface area contributed by atoms with Gasteiger partial charge in [-0.05, 0) is 55.9 Å². The van der Waals surface area contributed by atoms with Crippen LogP contribution < -0.4 is 10.6 Å². The number of nitrogens with zero attached hydrogens (tertiary/aromatic N) is 3. The monoisotopic (exact) mass is 361 g/mol. The summed E-state index contributed by atoms with van der Waals surface area (Å²) in [6.07, 6.45) is 5.20. The van der Waals surface area contributed by atoms with Crippen molar-refractivity contribution in [1.82, 2.24) is 15.0 Å². The number of nitrogens with two attached hydrogens (primary N) is 1. The van der Waals surface area contributed by atoms with Crippen LogP contribution in [-0.2, 0) is 12.8 Å². The Morgan fingerprint density at radius 1 is 1.19 bits per heavy atom. The lowest BCUT2D eigenvalue weighted by molar-refractivity contribution is 0.1000. The number of carbonyl (C=O) groups excluding carboxylic acids is 1. The van der Waals surface area contributed by atoms with E-state index in [1.165, 1.54) is 5.56 Å². The number of fused-ring (bicyclic) bond motifs is 2. The van der Waals surface area contributed by atoms with Gasteiger partial charge in [-0.1, -0.05) is 12.1 Å². The average Bonchev–Trinajstić information content (AvgIpc) is 3.33. The molecule has 2 aromatic heterocycles. The first-order valence-corrected chi connectivity index (χ1v) is 9.71. The number of benzene rings is 1. The molecule has 27 heavy (non-hydrogen) atoms. The zero-order valence-corrected chi connectivity index (χ0v) is 15.2. The molecule has 1 aliphatic heterocycles. The van der Waals surface area contributed by atoms with Crippen molar-refractivity contribution in [3.63, 3.8) is 0 Å². The van der Waals surface area contributed by atoms with Crippen molar-refractivity contribution in [2.75, 3.05) is 18.0 Å². The molecule has 0 bridgehead atoms. The number of piperidine rings is 1. The lowest BCUT2D eigenvalue weighted by Crippen LogP contribution is -2.37. The van der Waals surface area contributed by atoms with E-state index in [4.69, 9.17) is 15.7 Å². The van der Waals surface area contributed by atoms with E-state index in [9.17, 15) is 4.79 Å². The third-order valence-corrected chi connectivity index (χ3v) is 5.81. The Morgan fingerprint density at radius 2 is 2.07 bits per heavy atom. The molecule has 0 saturated carbocycles. The maximum absolute atomic E-state index is 12.1. The molecule has 138 valence electrons. The van der Waals surface area contributed by atoms with E-state index in [-0.39, 0.29) is 0 Å². The summed E-state index contributed by atoms with van der Waals surface area (Å²) in [7, 11) is 0. The predicted octanol–water partition coefficient (Wildman–Crippen LogP) is 2.93. The summed E-state index contributed by atoms with van der Waals surface area (Å²) in [5.74, 6) is 1.67. The van der Waals surface area contributed by atoms with Crippen LogP contribution in [0.4, 0.5) is 5.82 Å². The summed E-state index contributed by atoms with van der Waals surface area (Å²) in [5.41, 5.74) is 10.6. The van der Waals surface area contributed by atoms with E-state index in [0.717, 1.165) is 73.6 Å². The number of nitrogens with one attached hydrogen (secondary N) is 1. The van der Waals surface area contributed by atoms with Crippen LogP contribution in [0.3, 0.4) is 0 Å². The van der Waals surface area contributed by atoms with Gasteiger partial charge in [0.1, 0.15) is 11.6 Å². The number of imidazole rings is 1. The molecule has 3 heterocycles. The van der Waals surface area contributed by atoms with E-state index in [1.54, 1.807) is 0 Å². The van der Waals surface area contributed by atoms with Crippen LogP contribution in [0.2, 0.25) is 0 Å². The fraction of sp³-hybridized carbons (Fsp3) is 0.381. The molecule has 1 aromatic carbocycles. The summed E-state index contributed by atoms with van der Waals surface area (Å²) >= 11 is 0. The SMILES string of the molecule is NC(=O)c1cc2c(nc1N1CCCC(c3nc4ccccc4[nH]3)C1)CCC2. The Balaban J connectivity index is 1.48. The van der Waals surface area contributed by atoms with Crippen LogP contribution in [0.15, 0.2) is 30.3 Å². The number of primary amides is 1. The summed E-state index contributed by atoms with van der Waals surface area (Å²) in [6, 6.07) is 10.1. The molecule has 2 aliphatic rings. The summed E-state index contributed by atoms with van der Waals surface area (Å²) in [5, 5.41) is 0. The van der Waals surface area contributed by atoms with Crippen LogP contribution in [0.1, 0.15) is 52.6 Å². The summed E-state index contributed by atoms with van der Waals surface area (Å²) in [6.45, 7) is 1.69. The van der Waals surface area contributed by atoms with E-state index in [1.807, 2.05) is 24.3 Å². The van der Waals surface area contributed by atoms with Gasteiger partial charge < -0.3 is 15.6 Å². The molecule has 0 spiro atoms. The Morgan fingerprint density at radius 3 is 2.93 bits per heavy atom. The number of carbonyl (C=O) groups is 1. The molecule has 1 atom stereocenters. The van der Waals surface area contributed by atoms with Crippen LogP contribution >= 0.6 is 0 Å². The summed E-state index contributed by atoms with van der Waals surface area (Å²) < 4.78 is 0.